The van der Waals surface area contributed by atoms with E-state index in [4.69, 9.17) is 9.47 Å². The van der Waals surface area contributed by atoms with Gasteiger partial charge in [0.1, 0.15) is 23.0 Å². The minimum absolute atomic E-state index is 0.0115. The SMILES string of the molecule is CN1C(=O)c2cc(Oc3ccc(C(C)(C)C)cc3)c3c4cccc5c(N6CCCC6)ccc(c6c(Oc7ccc(C(C)(C)C)cc7)cc(c2c36)C1=O)c54. The number of carbonyl (C=O) groups is 2. The highest BCUT2D eigenvalue weighted by molar-refractivity contribution is 6.41. The van der Waals surface area contributed by atoms with Gasteiger partial charge in [-0.25, -0.2) is 0 Å². The molecule has 0 aliphatic carbocycles. The van der Waals surface area contributed by atoms with Crippen molar-refractivity contribution in [1.29, 1.82) is 0 Å². The molecule has 266 valence electrons. The first-order chi connectivity index (χ1) is 25.3. The molecule has 0 radical (unpaired) electrons. The first-order valence-electron chi connectivity index (χ1n) is 18.7. The Bertz CT molecular complexity index is 2490. The van der Waals surface area contributed by atoms with Gasteiger partial charge in [-0.1, -0.05) is 90.1 Å². The molecular formula is C47H44N2O4. The Balaban J connectivity index is 1.39. The number of ether oxygens (including phenoxy) is 2. The van der Waals surface area contributed by atoms with Crippen LogP contribution in [0.25, 0.3) is 43.1 Å². The van der Waals surface area contributed by atoms with Crippen molar-refractivity contribution in [2.24, 2.45) is 0 Å². The molecule has 0 atom stereocenters. The molecule has 0 N–H and O–H groups in total. The summed E-state index contributed by atoms with van der Waals surface area (Å²) in [5, 5.41) is 7.44. The fourth-order valence-electron chi connectivity index (χ4n) is 8.42. The van der Waals surface area contributed by atoms with E-state index in [-0.39, 0.29) is 22.6 Å². The molecule has 1 saturated heterocycles. The summed E-state index contributed by atoms with van der Waals surface area (Å²) < 4.78 is 13.7. The smallest absolute Gasteiger partial charge is 0.261 e. The predicted octanol–water partition coefficient (Wildman–Crippen LogP) is 11.7. The van der Waals surface area contributed by atoms with Crippen LogP contribution in [-0.4, -0.2) is 36.9 Å². The van der Waals surface area contributed by atoms with E-state index < -0.39 is 0 Å². The molecular weight excluding hydrogens is 657 g/mol. The van der Waals surface area contributed by atoms with Crippen molar-refractivity contribution < 1.29 is 19.1 Å². The number of hydrogen-bond acceptors (Lipinski definition) is 5. The summed E-state index contributed by atoms with van der Waals surface area (Å²) in [6, 6.07) is 31.0. The van der Waals surface area contributed by atoms with Crippen LogP contribution < -0.4 is 14.4 Å². The molecule has 2 aliphatic rings. The van der Waals surface area contributed by atoms with Crippen molar-refractivity contribution in [1.82, 2.24) is 4.90 Å². The van der Waals surface area contributed by atoms with Crippen LogP contribution in [0.5, 0.6) is 23.0 Å². The number of hydrogen-bond donors (Lipinski definition) is 0. The topological polar surface area (TPSA) is 59.1 Å². The van der Waals surface area contributed by atoms with Crippen LogP contribution in [-0.2, 0) is 10.8 Å². The molecule has 0 bridgehead atoms. The maximum atomic E-state index is 14.0. The van der Waals surface area contributed by atoms with Crippen molar-refractivity contribution in [3.63, 3.8) is 0 Å². The highest BCUT2D eigenvalue weighted by Crippen LogP contribution is 2.53. The van der Waals surface area contributed by atoms with E-state index >= 15 is 0 Å². The van der Waals surface area contributed by atoms with Crippen molar-refractivity contribution in [2.75, 3.05) is 25.0 Å². The maximum absolute atomic E-state index is 14.0. The lowest BCUT2D eigenvalue weighted by Crippen LogP contribution is -2.37. The summed E-state index contributed by atoms with van der Waals surface area (Å²) >= 11 is 0. The summed E-state index contributed by atoms with van der Waals surface area (Å²) in [7, 11) is 1.54. The van der Waals surface area contributed by atoms with Crippen LogP contribution in [0.4, 0.5) is 5.69 Å². The number of amides is 2. The lowest BCUT2D eigenvalue weighted by Gasteiger charge is -2.29. The van der Waals surface area contributed by atoms with Gasteiger partial charge >= 0.3 is 0 Å². The van der Waals surface area contributed by atoms with E-state index in [1.165, 1.54) is 34.6 Å². The highest BCUT2D eigenvalue weighted by Gasteiger charge is 2.35. The number of anilines is 1. The van der Waals surface area contributed by atoms with Crippen molar-refractivity contribution in [2.45, 2.75) is 65.2 Å². The van der Waals surface area contributed by atoms with Crippen LogP contribution in [0.15, 0.2) is 91.0 Å². The lowest BCUT2D eigenvalue weighted by molar-refractivity contribution is 0.0650. The number of rotatable bonds is 5. The Morgan fingerprint density at radius 3 is 1.49 bits per heavy atom. The van der Waals surface area contributed by atoms with Gasteiger partial charge in [0.25, 0.3) is 11.8 Å². The van der Waals surface area contributed by atoms with E-state index in [0.29, 0.717) is 39.5 Å². The third kappa shape index (κ3) is 5.21. The molecule has 2 heterocycles. The summed E-state index contributed by atoms with van der Waals surface area (Å²) in [5.41, 5.74) is 4.47. The lowest BCUT2D eigenvalue weighted by atomic mass is 9.83. The first kappa shape index (κ1) is 33.2. The van der Waals surface area contributed by atoms with Gasteiger partial charge in [0.15, 0.2) is 0 Å². The molecule has 7 aromatic carbocycles. The van der Waals surface area contributed by atoms with E-state index in [1.807, 2.05) is 36.4 Å². The predicted molar refractivity (Wildman–Crippen MR) is 216 cm³/mol. The first-order valence-corrected chi connectivity index (χ1v) is 18.7. The zero-order valence-corrected chi connectivity index (χ0v) is 31.5. The van der Waals surface area contributed by atoms with Gasteiger partial charge in [-0.3, -0.25) is 14.5 Å². The van der Waals surface area contributed by atoms with Gasteiger partial charge in [-0.2, -0.15) is 0 Å². The van der Waals surface area contributed by atoms with E-state index in [9.17, 15) is 9.59 Å². The molecule has 0 aromatic heterocycles. The van der Waals surface area contributed by atoms with E-state index in [0.717, 1.165) is 50.8 Å². The van der Waals surface area contributed by atoms with Gasteiger partial charge in [0.2, 0.25) is 0 Å². The monoisotopic (exact) mass is 700 g/mol. The second-order valence-electron chi connectivity index (χ2n) is 16.8. The van der Waals surface area contributed by atoms with Crippen LogP contribution in [0.2, 0.25) is 0 Å². The molecule has 2 amide bonds. The standard InChI is InChI=1S/C47H44N2O4/c1-46(2,3)27-13-17-29(18-14-27)52-37-25-34-40-35(45(51)48(7)44(34)50)26-38(53-30-19-15-28(16-20-30)47(4,5)6)42-33-21-22-36(49-23-8-9-24-49)31-11-10-12-32(39(31)33)41(37)43(40)42/h10-22,25-26H,8-9,23-24H2,1-7H3. The molecule has 9 rings (SSSR count). The Hall–Kier alpha value is -5.62. The number of carbonyl (C=O) groups excluding carboxylic acids is 2. The number of imide groups is 1. The fraction of sp³-hybridized carbons (Fsp3) is 0.277. The summed E-state index contributed by atoms with van der Waals surface area (Å²) in [4.78, 5) is 31.7. The minimum Gasteiger partial charge on any atom is -0.457 e. The third-order valence-corrected chi connectivity index (χ3v) is 11.3. The molecule has 6 heteroatoms. The molecule has 6 nitrogen and oxygen atoms in total. The van der Waals surface area contributed by atoms with Gasteiger partial charge in [0.05, 0.1) is 11.1 Å². The normalized spacial score (nSPS) is 15.2. The van der Waals surface area contributed by atoms with Crippen LogP contribution in [0.3, 0.4) is 0 Å². The number of benzene rings is 7. The number of nitrogens with zero attached hydrogens (tertiary/aromatic N) is 2. The zero-order chi connectivity index (χ0) is 37.0. The third-order valence-electron chi connectivity index (χ3n) is 11.3. The van der Waals surface area contributed by atoms with E-state index in [2.05, 4.69) is 101 Å². The number of fused-ring (bicyclic) bond motifs is 2. The van der Waals surface area contributed by atoms with Gasteiger partial charge < -0.3 is 14.4 Å². The average molecular weight is 701 g/mol. The summed E-state index contributed by atoms with van der Waals surface area (Å²) in [5.74, 6) is 1.77. The zero-order valence-electron chi connectivity index (χ0n) is 31.5. The van der Waals surface area contributed by atoms with Gasteiger partial charge in [-0.15, -0.1) is 0 Å². The molecule has 1 fully saturated rings. The molecule has 7 aromatic rings. The minimum atomic E-state index is -0.354. The Morgan fingerprint density at radius 2 is 1.00 bits per heavy atom. The van der Waals surface area contributed by atoms with Crippen LogP contribution in [0, 0.1) is 0 Å². The molecule has 0 saturated carbocycles. The average Bonchev–Trinajstić information content (AvgIpc) is 3.67. The Labute approximate surface area is 310 Å². The van der Waals surface area contributed by atoms with Crippen molar-refractivity contribution in [3.8, 4) is 23.0 Å². The maximum Gasteiger partial charge on any atom is 0.261 e. The Kier molecular flexibility index (Phi) is 7.33. The largest absolute Gasteiger partial charge is 0.457 e. The fourth-order valence-corrected chi connectivity index (χ4v) is 8.42. The summed E-state index contributed by atoms with van der Waals surface area (Å²) in [6.45, 7) is 15.2. The van der Waals surface area contributed by atoms with Gasteiger partial charge in [0, 0.05) is 52.8 Å². The van der Waals surface area contributed by atoms with Crippen molar-refractivity contribution >= 4 is 60.6 Å². The molecule has 0 unspecified atom stereocenters. The van der Waals surface area contributed by atoms with E-state index in [1.54, 1.807) is 7.05 Å². The quantitative estimate of drug-likeness (QED) is 0.102. The molecule has 0 spiro atoms. The summed E-state index contributed by atoms with van der Waals surface area (Å²) in [6.07, 6.45) is 2.34. The second kappa shape index (κ2) is 11.7. The second-order valence-corrected chi connectivity index (χ2v) is 16.8. The molecule has 53 heavy (non-hydrogen) atoms. The Morgan fingerprint density at radius 1 is 0.528 bits per heavy atom. The van der Waals surface area contributed by atoms with Crippen molar-refractivity contribution in [3.05, 3.63) is 113 Å². The van der Waals surface area contributed by atoms with Crippen LogP contribution >= 0.6 is 0 Å². The highest BCUT2D eigenvalue weighted by atomic mass is 16.5. The van der Waals surface area contributed by atoms with Gasteiger partial charge in [-0.05, 0) is 93.4 Å². The van der Waals surface area contributed by atoms with Crippen LogP contribution in [0.1, 0.15) is 86.2 Å². The molecule has 2 aliphatic heterocycles.